The Morgan fingerprint density at radius 1 is 1.41 bits per heavy atom. The standard InChI is InChI=1S/C11H15ClN4O/c1-4-7-8(5-2)13-10-14-9(12)15-11(16-10)17-6-3/h1,8H,5-7H2,2-3H3,(H,13,14,15,16). The van der Waals surface area contributed by atoms with Crippen LogP contribution in [0.15, 0.2) is 0 Å². The first kappa shape index (κ1) is 13.5. The number of rotatable bonds is 6. The molecule has 1 N–H and O–H groups in total. The third kappa shape index (κ3) is 4.45. The molecular formula is C11H15ClN4O. The highest BCUT2D eigenvalue weighted by Crippen LogP contribution is 2.13. The summed E-state index contributed by atoms with van der Waals surface area (Å²) < 4.78 is 5.18. The highest BCUT2D eigenvalue weighted by atomic mass is 35.5. The first-order chi connectivity index (χ1) is 8.19. The topological polar surface area (TPSA) is 59.9 Å². The van der Waals surface area contributed by atoms with Crippen molar-refractivity contribution in [2.75, 3.05) is 11.9 Å². The molecule has 0 aliphatic carbocycles. The summed E-state index contributed by atoms with van der Waals surface area (Å²) in [6.45, 7) is 4.35. The molecule has 1 unspecified atom stereocenters. The summed E-state index contributed by atoms with van der Waals surface area (Å²) in [6.07, 6.45) is 6.75. The lowest BCUT2D eigenvalue weighted by molar-refractivity contribution is 0.312. The number of hydrogen-bond acceptors (Lipinski definition) is 5. The number of halogens is 1. The number of anilines is 1. The maximum absolute atomic E-state index is 5.77. The molecule has 0 aliphatic rings. The van der Waals surface area contributed by atoms with E-state index >= 15 is 0 Å². The minimum absolute atomic E-state index is 0.0986. The van der Waals surface area contributed by atoms with Crippen molar-refractivity contribution in [3.63, 3.8) is 0 Å². The zero-order chi connectivity index (χ0) is 12.7. The van der Waals surface area contributed by atoms with Crippen LogP contribution >= 0.6 is 11.6 Å². The zero-order valence-electron chi connectivity index (χ0n) is 9.90. The molecule has 1 aromatic heterocycles. The highest BCUT2D eigenvalue weighted by molar-refractivity contribution is 6.28. The summed E-state index contributed by atoms with van der Waals surface area (Å²) in [4.78, 5) is 11.9. The van der Waals surface area contributed by atoms with Gasteiger partial charge in [0, 0.05) is 12.5 Å². The van der Waals surface area contributed by atoms with E-state index < -0.39 is 0 Å². The lowest BCUT2D eigenvalue weighted by atomic mass is 10.2. The minimum Gasteiger partial charge on any atom is -0.464 e. The molecule has 5 nitrogen and oxygen atoms in total. The van der Waals surface area contributed by atoms with Gasteiger partial charge in [0.05, 0.1) is 6.61 Å². The molecule has 1 atom stereocenters. The molecule has 0 aliphatic heterocycles. The normalized spacial score (nSPS) is 11.6. The lowest BCUT2D eigenvalue weighted by Crippen LogP contribution is -2.20. The Hall–Kier alpha value is -1.54. The number of hydrogen-bond donors (Lipinski definition) is 1. The molecule has 0 saturated heterocycles. The van der Waals surface area contributed by atoms with Crippen LogP contribution in [0, 0.1) is 12.3 Å². The summed E-state index contributed by atoms with van der Waals surface area (Å²) in [5.41, 5.74) is 0. The van der Waals surface area contributed by atoms with Crippen molar-refractivity contribution in [2.45, 2.75) is 32.7 Å². The first-order valence-corrected chi connectivity index (χ1v) is 5.81. The van der Waals surface area contributed by atoms with Crippen LogP contribution in [0.5, 0.6) is 6.01 Å². The first-order valence-electron chi connectivity index (χ1n) is 5.44. The third-order valence-corrected chi connectivity index (χ3v) is 2.22. The van der Waals surface area contributed by atoms with Gasteiger partial charge in [0.1, 0.15) is 0 Å². The van der Waals surface area contributed by atoms with Crippen molar-refractivity contribution in [2.24, 2.45) is 0 Å². The van der Waals surface area contributed by atoms with Crippen molar-refractivity contribution in [3.8, 4) is 18.4 Å². The van der Waals surface area contributed by atoms with Crippen molar-refractivity contribution >= 4 is 17.5 Å². The Kier molecular flexibility index (Phi) is 5.50. The monoisotopic (exact) mass is 254 g/mol. The van der Waals surface area contributed by atoms with Gasteiger partial charge in [-0.15, -0.1) is 12.3 Å². The summed E-state index contributed by atoms with van der Waals surface area (Å²) in [6, 6.07) is 0.332. The lowest BCUT2D eigenvalue weighted by Gasteiger charge is -2.14. The van der Waals surface area contributed by atoms with E-state index in [1.807, 2.05) is 13.8 Å². The Labute approximate surface area is 106 Å². The number of ether oxygens (including phenoxy) is 1. The van der Waals surface area contributed by atoms with Gasteiger partial charge in [-0.3, -0.25) is 0 Å². The van der Waals surface area contributed by atoms with Crippen molar-refractivity contribution < 1.29 is 4.74 Å². The van der Waals surface area contributed by atoms with E-state index in [4.69, 9.17) is 22.8 Å². The smallest absolute Gasteiger partial charge is 0.322 e. The summed E-state index contributed by atoms with van der Waals surface area (Å²) in [5.74, 6) is 2.98. The van der Waals surface area contributed by atoms with Crippen LogP contribution in [0.1, 0.15) is 26.7 Å². The molecule has 0 saturated carbocycles. The van der Waals surface area contributed by atoms with Gasteiger partial charge in [0.25, 0.3) is 0 Å². The maximum Gasteiger partial charge on any atom is 0.322 e. The van der Waals surface area contributed by atoms with Crippen molar-refractivity contribution in [3.05, 3.63) is 5.28 Å². The van der Waals surface area contributed by atoms with Gasteiger partial charge in [0.15, 0.2) is 0 Å². The summed E-state index contributed by atoms with van der Waals surface area (Å²) in [7, 11) is 0. The molecular weight excluding hydrogens is 240 g/mol. The van der Waals surface area contributed by atoms with Crippen LogP contribution in [0.3, 0.4) is 0 Å². The Morgan fingerprint density at radius 3 is 2.76 bits per heavy atom. The average Bonchev–Trinajstić information content (AvgIpc) is 2.28. The van der Waals surface area contributed by atoms with E-state index in [0.717, 1.165) is 6.42 Å². The van der Waals surface area contributed by atoms with Gasteiger partial charge in [-0.1, -0.05) is 6.92 Å². The molecule has 0 amide bonds. The fourth-order valence-electron chi connectivity index (χ4n) is 1.21. The Bertz CT molecular complexity index is 405. The maximum atomic E-state index is 5.77. The zero-order valence-corrected chi connectivity index (χ0v) is 10.7. The summed E-state index contributed by atoms with van der Waals surface area (Å²) in [5, 5.41) is 3.20. The van der Waals surface area contributed by atoms with Gasteiger partial charge >= 0.3 is 6.01 Å². The minimum atomic E-state index is 0.0986. The molecule has 0 aromatic carbocycles. The number of terminal acetylenes is 1. The molecule has 6 heteroatoms. The van der Waals surface area contributed by atoms with Gasteiger partial charge < -0.3 is 10.1 Å². The number of aromatic nitrogens is 3. The predicted molar refractivity (Wildman–Crippen MR) is 67.2 cm³/mol. The predicted octanol–water partition coefficient (Wildman–Crippen LogP) is 2.14. The van der Waals surface area contributed by atoms with Crippen molar-refractivity contribution in [1.29, 1.82) is 0 Å². The Morgan fingerprint density at radius 2 is 2.18 bits per heavy atom. The highest BCUT2D eigenvalue weighted by Gasteiger charge is 2.10. The van der Waals surface area contributed by atoms with Gasteiger partial charge in [-0.05, 0) is 24.9 Å². The number of nitrogens with zero attached hydrogens (tertiary/aromatic N) is 3. The van der Waals surface area contributed by atoms with Crippen LogP contribution in [0.25, 0.3) is 0 Å². The van der Waals surface area contributed by atoms with Crippen LogP contribution in [0.2, 0.25) is 5.28 Å². The fourth-order valence-corrected chi connectivity index (χ4v) is 1.36. The van der Waals surface area contributed by atoms with E-state index in [-0.39, 0.29) is 17.3 Å². The molecule has 17 heavy (non-hydrogen) atoms. The largest absolute Gasteiger partial charge is 0.464 e. The van der Waals surface area contributed by atoms with E-state index in [9.17, 15) is 0 Å². The molecule has 1 rings (SSSR count). The number of nitrogens with one attached hydrogen (secondary N) is 1. The second-order valence-electron chi connectivity index (χ2n) is 3.30. The van der Waals surface area contributed by atoms with Gasteiger partial charge in [-0.2, -0.15) is 15.0 Å². The molecule has 0 fully saturated rings. The van der Waals surface area contributed by atoms with Crippen LogP contribution in [-0.2, 0) is 0 Å². The van der Waals surface area contributed by atoms with E-state index in [1.165, 1.54) is 0 Å². The molecule has 0 bridgehead atoms. The second-order valence-corrected chi connectivity index (χ2v) is 3.64. The van der Waals surface area contributed by atoms with E-state index in [0.29, 0.717) is 19.0 Å². The molecule has 92 valence electrons. The van der Waals surface area contributed by atoms with Crippen LogP contribution < -0.4 is 10.1 Å². The van der Waals surface area contributed by atoms with Crippen LogP contribution in [-0.4, -0.2) is 27.6 Å². The van der Waals surface area contributed by atoms with Crippen LogP contribution in [0.4, 0.5) is 5.95 Å². The second kappa shape index (κ2) is 6.92. The fraction of sp³-hybridized carbons (Fsp3) is 0.545. The SMILES string of the molecule is C#CCC(CC)Nc1nc(Cl)nc(OCC)n1. The summed E-state index contributed by atoms with van der Waals surface area (Å²) >= 11 is 5.77. The third-order valence-electron chi connectivity index (χ3n) is 2.05. The Balaban J connectivity index is 2.79. The van der Waals surface area contributed by atoms with Crippen molar-refractivity contribution in [1.82, 2.24) is 15.0 Å². The molecule has 1 aromatic rings. The molecule has 0 radical (unpaired) electrons. The average molecular weight is 255 g/mol. The van der Waals surface area contributed by atoms with Gasteiger partial charge in [-0.25, -0.2) is 0 Å². The molecule has 1 heterocycles. The van der Waals surface area contributed by atoms with Gasteiger partial charge in [0.2, 0.25) is 11.2 Å². The van der Waals surface area contributed by atoms with E-state index in [1.54, 1.807) is 0 Å². The van der Waals surface area contributed by atoms with E-state index in [2.05, 4.69) is 26.2 Å². The molecule has 0 spiro atoms. The quantitative estimate of drug-likeness (QED) is 0.788.